The van der Waals surface area contributed by atoms with Crippen LogP contribution in [0.5, 0.6) is 0 Å². The van der Waals surface area contributed by atoms with Crippen LogP contribution in [0, 0.1) is 5.92 Å². The number of nitrogens with one attached hydrogen (secondary N) is 6. The van der Waals surface area contributed by atoms with E-state index >= 15 is 0 Å². The van der Waals surface area contributed by atoms with Crippen LogP contribution >= 0.6 is 68.0 Å². The van der Waals surface area contributed by atoms with Crippen LogP contribution in [0.1, 0.15) is 370 Å². The second-order valence-corrected chi connectivity index (χ2v) is 49.4. The first-order valence-corrected chi connectivity index (χ1v) is 53.6. The highest BCUT2D eigenvalue weighted by molar-refractivity contribution is 7.17. The maximum atomic E-state index is 12.8. The van der Waals surface area contributed by atoms with E-state index in [9.17, 15) is 28.8 Å². The SMILES string of the molecule is CC(C)(C)c1nnc(NC(=O)[C@@H]2CCCN2C2CCCC2)s1.CC(C)(C)c1nnc(NC(=O)[C@@H]2CCCN2C2CCCCC2)s1.CC(C)N1CCC[C@H]1C(=O)Nc1nnc(C(C)(C)C)s1.CC1CCCCC1N1CCCC1C(=O)Nc1nnc(C(C)(C)C)s1.CCC(C)N1CCCC1C(=O)Nc1nnc(C(C)(C)C)s1.CCCN1CCC[C@H]1C(=O)Nc1nnc(C(C)(C)C)s1. The summed E-state index contributed by atoms with van der Waals surface area (Å²) in [5.41, 5.74) is -0.166. The number of hydrogen-bond donors (Lipinski definition) is 6. The van der Waals surface area contributed by atoms with Gasteiger partial charge in [0.05, 0.1) is 36.3 Å². The predicted molar refractivity (Wildman–Crippen MR) is 532 cm³/mol. The Bertz CT molecular complexity index is 4540. The summed E-state index contributed by atoms with van der Waals surface area (Å²) in [6.45, 7) is 58.2. The number of likely N-dealkylation sites (tertiary alicyclic amines) is 6. The first kappa shape index (κ1) is 106. The number of carbonyl (C=O) groups is 6. The van der Waals surface area contributed by atoms with Crippen molar-refractivity contribution in [2.75, 3.05) is 77.7 Å². The predicted octanol–water partition coefficient (Wildman–Crippen LogP) is 18.9. The van der Waals surface area contributed by atoms with Crippen molar-refractivity contribution in [3.05, 3.63) is 30.0 Å². The van der Waals surface area contributed by atoms with Gasteiger partial charge in [0.1, 0.15) is 30.0 Å². The van der Waals surface area contributed by atoms with E-state index in [2.05, 4.69) is 289 Å². The van der Waals surface area contributed by atoms with Crippen LogP contribution in [0.3, 0.4) is 0 Å². The Morgan fingerprint density at radius 2 is 0.569 bits per heavy atom. The number of hydrogen-bond acceptors (Lipinski definition) is 30. The minimum atomic E-state index is -0.0310. The molecular formula is C94H158N24O6S6. The van der Waals surface area contributed by atoms with Crippen molar-refractivity contribution in [2.45, 2.75) is 438 Å². The number of nitrogens with zero attached hydrogens (tertiary/aromatic N) is 18. The Balaban J connectivity index is 0.000000162. The molecule has 9 fully saturated rings. The molecule has 6 aromatic heterocycles. The molecule has 0 aromatic carbocycles. The molecule has 6 saturated heterocycles. The fourth-order valence-corrected chi connectivity index (χ4v) is 23.5. The lowest BCUT2D eigenvalue weighted by atomic mass is 9.84. The first-order chi connectivity index (χ1) is 61.3. The van der Waals surface area contributed by atoms with Crippen LogP contribution in [0.4, 0.5) is 30.8 Å². The van der Waals surface area contributed by atoms with Crippen molar-refractivity contribution in [2.24, 2.45) is 5.92 Å². The highest BCUT2D eigenvalue weighted by Crippen LogP contribution is 2.40. The van der Waals surface area contributed by atoms with Crippen LogP contribution in [0.15, 0.2) is 0 Å². The Hall–Kier alpha value is -6.06. The summed E-state index contributed by atoms with van der Waals surface area (Å²) in [4.78, 5) is 89.5. The standard InChI is InChI=1S/C18H30N4OS.C17H28N4OS.C16H26N4OS.C15H26N4OS.2C14H24N4OS/c1-12-8-5-6-9-13(12)22-11-7-10-14(22)15(23)19-17-21-20-16(24-17)18(2,3)4;1-17(2,3)15-19-20-16(23-15)18-14(22)13-10-7-11-21(13)12-8-5-4-6-9-12;1-16(2,3)14-18-19-15(22-14)17-13(21)12-9-6-10-20(12)11-7-4-5-8-11;1-6-10(2)19-9-7-8-11(19)12(20)16-14-18-17-13(21-14)15(3,4)5;1-9(2)18-8-6-7-10(18)11(19)15-13-17-16-12(20-13)14(3,4)5;1-5-8-18-9-6-7-10(18)11(19)15-13-17-16-12(20-13)14(2,3)4/h12-14H,5-11H2,1-4H3,(H,19,21,23);12-13H,4-11H2,1-3H3,(H,18,20,22);11-12H,4-10H2,1-3H3,(H,17,19,21);10-11H,6-9H2,1-5H3,(H,16,18,20);9-10H,6-8H2,1-5H3,(H,15,17,19);10H,5-9H2,1-4H3,(H,15,17,19)/t;13-;12-;;2*10-/m.00.00/s1. The molecule has 3 aliphatic carbocycles. The quantitative estimate of drug-likeness (QED) is 0.0413. The number of rotatable bonds is 20. The van der Waals surface area contributed by atoms with E-state index in [0.29, 0.717) is 66.9 Å². The molecule has 3 saturated carbocycles. The fourth-order valence-electron chi connectivity index (χ4n) is 18.7. The van der Waals surface area contributed by atoms with E-state index in [4.69, 9.17) is 0 Å². The molecule has 6 aromatic rings. The third kappa shape index (κ3) is 30.2. The summed E-state index contributed by atoms with van der Waals surface area (Å²) < 4.78 is 0. The monoisotopic (exact) mass is 1910 g/mol. The molecular weight excluding hydrogens is 1750 g/mol. The molecule has 6 aliphatic heterocycles. The van der Waals surface area contributed by atoms with Gasteiger partial charge in [0.15, 0.2) is 0 Å². The second kappa shape index (κ2) is 47.6. The molecule has 6 N–H and O–H groups in total. The Morgan fingerprint density at radius 1 is 0.308 bits per heavy atom. The van der Waals surface area contributed by atoms with Gasteiger partial charge in [-0.25, -0.2) is 0 Å². The zero-order valence-corrected chi connectivity index (χ0v) is 87.8. The molecule has 30 nitrogen and oxygen atoms in total. The molecule has 0 spiro atoms. The average Bonchev–Trinajstić information content (AvgIpc) is 1.69. The van der Waals surface area contributed by atoms with Gasteiger partial charge in [-0.15, -0.1) is 61.2 Å². The van der Waals surface area contributed by atoms with E-state index in [1.807, 2.05) is 0 Å². The maximum Gasteiger partial charge on any atom is 0.243 e. The van der Waals surface area contributed by atoms with Crippen molar-refractivity contribution >= 4 is 134 Å². The molecule has 15 rings (SSSR count). The molecule has 130 heavy (non-hydrogen) atoms. The van der Waals surface area contributed by atoms with E-state index in [0.717, 1.165) is 166 Å². The third-order valence-corrected chi connectivity index (χ3v) is 33.7. The van der Waals surface area contributed by atoms with Crippen molar-refractivity contribution in [3.63, 3.8) is 0 Å². The molecule has 36 heteroatoms. The maximum absolute atomic E-state index is 12.8. The van der Waals surface area contributed by atoms with Crippen molar-refractivity contribution in [1.29, 1.82) is 0 Å². The van der Waals surface area contributed by atoms with E-state index in [1.54, 1.807) is 0 Å². The smallest absolute Gasteiger partial charge is 0.243 e. The van der Waals surface area contributed by atoms with E-state index < -0.39 is 0 Å². The average molecular weight is 1910 g/mol. The van der Waals surface area contributed by atoms with Gasteiger partial charge in [-0.05, 0) is 201 Å². The van der Waals surface area contributed by atoms with Crippen molar-refractivity contribution in [3.8, 4) is 0 Å². The Kier molecular flexibility index (Phi) is 38.8. The number of anilines is 6. The number of carbonyl (C=O) groups excluding carboxylic acids is 6. The van der Waals surface area contributed by atoms with Crippen LogP contribution in [-0.4, -0.2) is 238 Å². The molecule has 0 bridgehead atoms. The summed E-state index contributed by atoms with van der Waals surface area (Å²) >= 11 is 8.87. The van der Waals surface area contributed by atoms with Gasteiger partial charge in [0, 0.05) is 62.7 Å². The summed E-state index contributed by atoms with van der Waals surface area (Å²) in [7, 11) is 0. The lowest BCUT2D eigenvalue weighted by Gasteiger charge is -2.39. The van der Waals surface area contributed by atoms with Gasteiger partial charge in [0.25, 0.3) is 0 Å². The zero-order chi connectivity index (χ0) is 94.8. The first-order valence-electron chi connectivity index (χ1n) is 48.7. The minimum Gasteiger partial charge on any atom is -0.299 e. The van der Waals surface area contributed by atoms with Gasteiger partial charge in [-0.1, -0.05) is 258 Å². The van der Waals surface area contributed by atoms with Crippen LogP contribution in [-0.2, 0) is 61.3 Å². The van der Waals surface area contributed by atoms with Crippen molar-refractivity contribution in [1.82, 2.24) is 90.6 Å². The molecule has 0 radical (unpaired) electrons. The largest absolute Gasteiger partial charge is 0.299 e. The lowest BCUT2D eigenvalue weighted by molar-refractivity contribution is -0.122. The Labute approximate surface area is 800 Å². The van der Waals surface area contributed by atoms with Crippen LogP contribution < -0.4 is 31.9 Å². The van der Waals surface area contributed by atoms with E-state index in [-0.39, 0.29) is 104 Å². The van der Waals surface area contributed by atoms with E-state index in [1.165, 1.54) is 151 Å². The lowest BCUT2D eigenvalue weighted by Crippen LogP contribution is -2.48. The minimum absolute atomic E-state index is 0.00228. The van der Waals surface area contributed by atoms with Gasteiger partial charge in [-0.2, -0.15) is 0 Å². The summed E-state index contributed by atoms with van der Waals surface area (Å²) in [6, 6.07) is 2.59. The molecule has 5 unspecified atom stereocenters. The third-order valence-electron chi connectivity index (χ3n) is 26.1. The second-order valence-electron chi connectivity index (χ2n) is 43.5. The summed E-state index contributed by atoms with van der Waals surface area (Å²) in [6.07, 6.45) is 31.2. The van der Waals surface area contributed by atoms with Crippen LogP contribution in [0.25, 0.3) is 0 Å². The van der Waals surface area contributed by atoms with Gasteiger partial charge in [-0.3, -0.25) is 90.1 Å². The van der Waals surface area contributed by atoms with Crippen LogP contribution in [0.2, 0.25) is 0 Å². The molecule has 6 amide bonds. The summed E-state index contributed by atoms with van der Waals surface area (Å²) in [5, 5.41) is 77.2. The topological polar surface area (TPSA) is 349 Å². The van der Waals surface area contributed by atoms with Crippen molar-refractivity contribution < 1.29 is 28.8 Å². The highest BCUT2D eigenvalue weighted by Gasteiger charge is 2.43. The summed E-state index contributed by atoms with van der Waals surface area (Å²) in [5.74, 6) is 1.17. The molecule has 726 valence electrons. The molecule has 9 aliphatic rings. The highest BCUT2D eigenvalue weighted by atomic mass is 32.1. The normalized spacial score (nSPS) is 23.4. The molecule has 12 heterocycles. The van der Waals surface area contributed by atoms with Gasteiger partial charge < -0.3 is 0 Å². The molecule has 9 atom stereocenters. The Morgan fingerprint density at radius 3 is 0.885 bits per heavy atom. The van der Waals surface area contributed by atoms with Gasteiger partial charge >= 0.3 is 0 Å². The number of amides is 6. The fraction of sp³-hybridized carbons (Fsp3) is 0.809. The number of aromatic nitrogens is 12. The van der Waals surface area contributed by atoms with Gasteiger partial charge in [0.2, 0.25) is 66.2 Å². The zero-order valence-electron chi connectivity index (χ0n) is 82.9.